The number of methoxy groups -OCH3 is 1. The fraction of sp³-hybridized carbons (Fsp3) is 0.889. The molecule has 0 unspecified atom stereocenters. The second-order valence-corrected chi connectivity index (χ2v) is 3.77. The number of carboxylic acids is 1. The quantitative estimate of drug-likeness (QED) is 0.689. The Balaban J connectivity index is 2.44. The summed E-state index contributed by atoms with van der Waals surface area (Å²) in [5, 5.41) is 8.74. The van der Waals surface area contributed by atoms with E-state index in [4.69, 9.17) is 9.84 Å². The molecule has 1 aliphatic rings. The second kappa shape index (κ2) is 3.44. The highest BCUT2D eigenvalue weighted by Gasteiger charge is 2.33. The Morgan fingerprint density at radius 2 is 2.00 bits per heavy atom. The van der Waals surface area contributed by atoms with E-state index in [0.29, 0.717) is 0 Å². The number of hydrogen-bond donors (Lipinski definition) is 1. The maximum Gasteiger partial charge on any atom is 0.306 e. The largest absolute Gasteiger partial charge is 0.481 e. The third-order valence-corrected chi connectivity index (χ3v) is 2.89. The Bertz CT molecular complexity index is 169. The molecule has 0 aromatic rings. The Morgan fingerprint density at radius 3 is 2.33 bits per heavy atom. The molecule has 0 aromatic heterocycles. The third-order valence-electron chi connectivity index (χ3n) is 2.89. The zero-order valence-corrected chi connectivity index (χ0v) is 7.67. The lowest BCUT2D eigenvalue weighted by atomic mass is 9.80. The summed E-state index contributed by atoms with van der Waals surface area (Å²) in [5.41, 5.74) is -0.0774. The maximum atomic E-state index is 10.6. The van der Waals surface area contributed by atoms with E-state index in [1.165, 1.54) is 0 Å². The van der Waals surface area contributed by atoms with Gasteiger partial charge < -0.3 is 9.84 Å². The molecule has 0 aromatic carbocycles. The van der Waals surface area contributed by atoms with E-state index in [0.717, 1.165) is 25.7 Å². The molecule has 0 radical (unpaired) electrons. The van der Waals surface area contributed by atoms with Crippen LogP contribution in [0.3, 0.4) is 0 Å². The van der Waals surface area contributed by atoms with E-state index in [1.807, 2.05) is 6.92 Å². The Kier molecular flexibility index (Phi) is 2.73. The normalized spacial score (nSPS) is 36.3. The molecule has 0 spiro atoms. The van der Waals surface area contributed by atoms with Gasteiger partial charge in [0, 0.05) is 7.11 Å². The fourth-order valence-electron chi connectivity index (χ4n) is 1.68. The van der Waals surface area contributed by atoms with Gasteiger partial charge in [-0.2, -0.15) is 0 Å². The van der Waals surface area contributed by atoms with Gasteiger partial charge in [-0.1, -0.05) is 0 Å². The van der Waals surface area contributed by atoms with Crippen LogP contribution in [-0.4, -0.2) is 23.8 Å². The van der Waals surface area contributed by atoms with Crippen LogP contribution >= 0.6 is 0 Å². The monoisotopic (exact) mass is 172 g/mol. The molecule has 1 fully saturated rings. The standard InChI is InChI=1S/C9H16O3/c1-9(12-2)5-3-7(4-6-9)8(10)11/h7H,3-6H2,1-2H3,(H,10,11). The minimum Gasteiger partial charge on any atom is -0.481 e. The lowest BCUT2D eigenvalue weighted by Crippen LogP contribution is -2.34. The molecule has 1 N–H and O–H groups in total. The van der Waals surface area contributed by atoms with Crippen molar-refractivity contribution >= 4 is 5.97 Å². The first kappa shape index (κ1) is 9.52. The van der Waals surface area contributed by atoms with Gasteiger partial charge in [0.05, 0.1) is 11.5 Å². The predicted octanol–water partition coefficient (Wildman–Crippen LogP) is 1.67. The van der Waals surface area contributed by atoms with Crippen molar-refractivity contribution in [1.82, 2.24) is 0 Å². The van der Waals surface area contributed by atoms with Crippen molar-refractivity contribution in [2.45, 2.75) is 38.2 Å². The molecule has 12 heavy (non-hydrogen) atoms. The maximum absolute atomic E-state index is 10.6. The minimum absolute atomic E-state index is 0.0774. The summed E-state index contributed by atoms with van der Waals surface area (Å²) >= 11 is 0. The number of aliphatic carboxylic acids is 1. The molecule has 70 valence electrons. The van der Waals surface area contributed by atoms with Crippen LogP contribution in [-0.2, 0) is 9.53 Å². The van der Waals surface area contributed by atoms with Crippen LogP contribution in [0.2, 0.25) is 0 Å². The summed E-state index contributed by atoms with van der Waals surface area (Å²) in [6, 6.07) is 0. The smallest absolute Gasteiger partial charge is 0.306 e. The number of ether oxygens (including phenoxy) is 1. The van der Waals surface area contributed by atoms with E-state index in [1.54, 1.807) is 7.11 Å². The van der Waals surface area contributed by atoms with E-state index in [9.17, 15) is 4.79 Å². The van der Waals surface area contributed by atoms with Crippen molar-refractivity contribution < 1.29 is 14.6 Å². The lowest BCUT2D eigenvalue weighted by molar-refractivity contribution is -0.145. The molecule has 3 heteroatoms. The Hall–Kier alpha value is -0.570. The van der Waals surface area contributed by atoms with Crippen molar-refractivity contribution in [2.75, 3.05) is 7.11 Å². The van der Waals surface area contributed by atoms with Crippen LogP contribution in [0, 0.1) is 5.92 Å². The molecule has 1 aliphatic carbocycles. The lowest BCUT2D eigenvalue weighted by Gasteiger charge is -2.34. The molecule has 3 nitrogen and oxygen atoms in total. The van der Waals surface area contributed by atoms with Gasteiger partial charge in [0.25, 0.3) is 0 Å². The minimum atomic E-state index is -0.659. The van der Waals surface area contributed by atoms with E-state index < -0.39 is 5.97 Å². The fourth-order valence-corrected chi connectivity index (χ4v) is 1.68. The first-order chi connectivity index (χ1) is 5.57. The van der Waals surface area contributed by atoms with Crippen LogP contribution in [0.1, 0.15) is 32.6 Å². The van der Waals surface area contributed by atoms with Crippen LogP contribution in [0.5, 0.6) is 0 Å². The first-order valence-electron chi connectivity index (χ1n) is 4.35. The molecule has 1 rings (SSSR count). The summed E-state index contributed by atoms with van der Waals surface area (Å²) < 4.78 is 5.31. The van der Waals surface area contributed by atoms with Crippen LogP contribution in [0.15, 0.2) is 0 Å². The molecule has 0 atom stereocenters. The van der Waals surface area contributed by atoms with Gasteiger partial charge in [0.1, 0.15) is 0 Å². The summed E-state index contributed by atoms with van der Waals surface area (Å²) in [6.45, 7) is 2.05. The van der Waals surface area contributed by atoms with E-state index in [-0.39, 0.29) is 11.5 Å². The third kappa shape index (κ3) is 1.97. The molecule has 1 saturated carbocycles. The SMILES string of the molecule is COC1(C)CCC(C(=O)O)CC1. The highest BCUT2D eigenvalue weighted by molar-refractivity contribution is 5.70. The van der Waals surface area contributed by atoms with E-state index >= 15 is 0 Å². The number of rotatable bonds is 2. The van der Waals surface area contributed by atoms with Crippen molar-refractivity contribution in [3.05, 3.63) is 0 Å². The topological polar surface area (TPSA) is 46.5 Å². The average Bonchev–Trinajstić information content (AvgIpc) is 2.05. The van der Waals surface area contributed by atoms with Gasteiger partial charge in [-0.3, -0.25) is 4.79 Å². The molecule has 0 heterocycles. The summed E-state index contributed by atoms with van der Waals surface area (Å²) in [5.74, 6) is -0.804. The number of hydrogen-bond acceptors (Lipinski definition) is 2. The number of carboxylic acid groups (broad SMARTS) is 1. The first-order valence-corrected chi connectivity index (χ1v) is 4.35. The molecular formula is C9H16O3. The van der Waals surface area contributed by atoms with Crippen molar-refractivity contribution in [2.24, 2.45) is 5.92 Å². The van der Waals surface area contributed by atoms with Gasteiger partial charge in [0.15, 0.2) is 0 Å². The molecular weight excluding hydrogens is 156 g/mol. The summed E-state index contributed by atoms with van der Waals surface area (Å²) in [7, 11) is 1.70. The highest BCUT2D eigenvalue weighted by atomic mass is 16.5. The van der Waals surface area contributed by atoms with Gasteiger partial charge in [-0.15, -0.1) is 0 Å². The molecule has 0 saturated heterocycles. The van der Waals surface area contributed by atoms with Gasteiger partial charge >= 0.3 is 5.97 Å². The molecule has 0 bridgehead atoms. The van der Waals surface area contributed by atoms with Crippen molar-refractivity contribution in [3.8, 4) is 0 Å². The van der Waals surface area contributed by atoms with Gasteiger partial charge in [0.2, 0.25) is 0 Å². The Morgan fingerprint density at radius 1 is 1.50 bits per heavy atom. The van der Waals surface area contributed by atoms with Crippen molar-refractivity contribution in [3.63, 3.8) is 0 Å². The van der Waals surface area contributed by atoms with Crippen LogP contribution < -0.4 is 0 Å². The predicted molar refractivity (Wildman–Crippen MR) is 45.0 cm³/mol. The Labute approximate surface area is 72.7 Å². The zero-order valence-electron chi connectivity index (χ0n) is 7.67. The zero-order chi connectivity index (χ0) is 9.19. The number of carbonyl (C=O) groups is 1. The average molecular weight is 172 g/mol. The van der Waals surface area contributed by atoms with Gasteiger partial charge in [-0.25, -0.2) is 0 Å². The summed E-state index contributed by atoms with van der Waals surface area (Å²) in [4.78, 5) is 10.6. The van der Waals surface area contributed by atoms with Crippen molar-refractivity contribution in [1.29, 1.82) is 0 Å². The molecule has 0 aliphatic heterocycles. The summed E-state index contributed by atoms with van der Waals surface area (Å²) in [6.07, 6.45) is 3.22. The molecule has 0 amide bonds. The van der Waals surface area contributed by atoms with Gasteiger partial charge in [-0.05, 0) is 32.6 Å². The van der Waals surface area contributed by atoms with Crippen LogP contribution in [0.25, 0.3) is 0 Å². The highest BCUT2D eigenvalue weighted by Crippen LogP contribution is 2.33. The second-order valence-electron chi connectivity index (χ2n) is 3.77. The van der Waals surface area contributed by atoms with E-state index in [2.05, 4.69) is 0 Å². The van der Waals surface area contributed by atoms with Crippen LogP contribution in [0.4, 0.5) is 0 Å².